The zero-order valence-corrected chi connectivity index (χ0v) is 12.1. The van der Waals surface area contributed by atoms with Crippen molar-refractivity contribution in [2.24, 2.45) is 11.1 Å². The number of anilines is 2. The number of carbonyl (C=O) groups is 2. The third-order valence-electron chi connectivity index (χ3n) is 3.48. The van der Waals surface area contributed by atoms with Crippen molar-refractivity contribution in [1.82, 2.24) is 0 Å². The van der Waals surface area contributed by atoms with Crippen LogP contribution in [0, 0.1) is 5.41 Å². The van der Waals surface area contributed by atoms with Crippen LogP contribution in [0.5, 0.6) is 0 Å². The highest BCUT2D eigenvalue weighted by atomic mass is 16.2. The van der Waals surface area contributed by atoms with Gasteiger partial charge in [0, 0.05) is 17.8 Å². The average molecular weight is 275 g/mol. The van der Waals surface area contributed by atoms with Crippen molar-refractivity contribution >= 4 is 23.2 Å². The Kier molecular flexibility index (Phi) is 3.81. The summed E-state index contributed by atoms with van der Waals surface area (Å²) < 4.78 is 0. The van der Waals surface area contributed by atoms with Crippen molar-refractivity contribution in [3.63, 3.8) is 0 Å². The highest BCUT2D eigenvalue weighted by Gasteiger charge is 2.27. The lowest BCUT2D eigenvalue weighted by molar-refractivity contribution is -0.119. The molecule has 1 aliphatic heterocycles. The third-order valence-corrected chi connectivity index (χ3v) is 3.48. The minimum Gasteiger partial charge on any atom is -0.326 e. The van der Waals surface area contributed by atoms with Crippen molar-refractivity contribution in [3.8, 4) is 0 Å². The minimum atomic E-state index is -0.571. The van der Waals surface area contributed by atoms with Gasteiger partial charge in [0.2, 0.25) is 11.8 Å². The van der Waals surface area contributed by atoms with E-state index in [1.807, 2.05) is 32.9 Å². The van der Waals surface area contributed by atoms with Gasteiger partial charge in [0.1, 0.15) is 0 Å². The van der Waals surface area contributed by atoms with Crippen molar-refractivity contribution in [1.29, 1.82) is 0 Å². The molecule has 5 heteroatoms. The molecule has 0 radical (unpaired) electrons. The molecule has 0 spiro atoms. The number of nitrogens with one attached hydrogen (secondary N) is 2. The highest BCUT2D eigenvalue weighted by molar-refractivity contribution is 5.97. The van der Waals surface area contributed by atoms with Gasteiger partial charge in [-0.2, -0.15) is 0 Å². The van der Waals surface area contributed by atoms with E-state index in [2.05, 4.69) is 10.6 Å². The second-order valence-corrected chi connectivity index (χ2v) is 6.25. The maximum Gasteiger partial charge on any atom is 0.241 e. The summed E-state index contributed by atoms with van der Waals surface area (Å²) in [5.41, 5.74) is 8.21. The van der Waals surface area contributed by atoms with E-state index >= 15 is 0 Å². The van der Waals surface area contributed by atoms with Crippen LogP contribution in [-0.4, -0.2) is 17.9 Å². The molecule has 2 amide bonds. The Morgan fingerprint density at radius 1 is 1.35 bits per heavy atom. The van der Waals surface area contributed by atoms with Gasteiger partial charge in [0.05, 0.1) is 6.04 Å². The lowest BCUT2D eigenvalue weighted by Crippen LogP contribution is -2.45. The van der Waals surface area contributed by atoms with Gasteiger partial charge >= 0.3 is 0 Å². The number of fused-ring (bicyclic) bond motifs is 1. The van der Waals surface area contributed by atoms with Gasteiger partial charge in [-0.3, -0.25) is 9.59 Å². The third kappa shape index (κ3) is 3.17. The smallest absolute Gasteiger partial charge is 0.241 e. The van der Waals surface area contributed by atoms with E-state index in [1.165, 1.54) is 0 Å². The fourth-order valence-electron chi connectivity index (χ4n) is 2.07. The van der Waals surface area contributed by atoms with E-state index in [1.54, 1.807) is 6.07 Å². The molecular weight excluding hydrogens is 254 g/mol. The number of hydrogen-bond donors (Lipinski definition) is 3. The van der Waals surface area contributed by atoms with E-state index in [4.69, 9.17) is 5.73 Å². The molecule has 0 fully saturated rings. The Hall–Kier alpha value is -1.88. The van der Waals surface area contributed by atoms with Crippen LogP contribution in [0.3, 0.4) is 0 Å². The second-order valence-electron chi connectivity index (χ2n) is 6.25. The first kappa shape index (κ1) is 14.5. The first-order valence-corrected chi connectivity index (χ1v) is 6.76. The van der Waals surface area contributed by atoms with Crippen molar-refractivity contribution in [3.05, 3.63) is 23.8 Å². The number of hydrogen-bond acceptors (Lipinski definition) is 3. The average Bonchev–Trinajstić information content (AvgIpc) is 2.37. The molecule has 108 valence electrons. The maximum atomic E-state index is 12.1. The Balaban J connectivity index is 2.11. The van der Waals surface area contributed by atoms with Gasteiger partial charge in [-0.05, 0) is 35.6 Å². The number of amides is 2. The predicted octanol–water partition coefficient (Wildman–Crippen LogP) is 1.88. The van der Waals surface area contributed by atoms with Gasteiger partial charge in [-0.1, -0.05) is 20.8 Å². The van der Waals surface area contributed by atoms with Gasteiger partial charge < -0.3 is 16.4 Å². The van der Waals surface area contributed by atoms with Crippen molar-refractivity contribution in [2.75, 3.05) is 10.6 Å². The minimum absolute atomic E-state index is 0.0315. The topological polar surface area (TPSA) is 84.2 Å². The second kappa shape index (κ2) is 5.25. The summed E-state index contributed by atoms with van der Waals surface area (Å²) in [4.78, 5) is 23.4. The van der Waals surface area contributed by atoms with E-state index in [0.717, 1.165) is 11.3 Å². The summed E-state index contributed by atoms with van der Waals surface area (Å²) >= 11 is 0. The van der Waals surface area contributed by atoms with Crippen LogP contribution in [0.25, 0.3) is 0 Å². The first-order chi connectivity index (χ1) is 9.27. The van der Waals surface area contributed by atoms with Crippen molar-refractivity contribution in [2.45, 2.75) is 39.7 Å². The number of carbonyl (C=O) groups excluding carboxylic acids is 2. The largest absolute Gasteiger partial charge is 0.326 e. The quantitative estimate of drug-likeness (QED) is 0.770. The summed E-state index contributed by atoms with van der Waals surface area (Å²) in [6.07, 6.45) is 1.17. The Labute approximate surface area is 118 Å². The summed E-state index contributed by atoms with van der Waals surface area (Å²) in [7, 11) is 0. The molecule has 1 unspecified atom stereocenters. The Morgan fingerprint density at radius 2 is 2.05 bits per heavy atom. The number of rotatable bonds is 2. The molecule has 1 heterocycles. The lowest BCUT2D eigenvalue weighted by atomic mass is 9.87. The standard InChI is InChI=1S/C15H21N3O2/c1-15(2,3)13(16)14(20)17-10-5-6-11-9(8-10)4-7-12(19)18-11/h5-6,8,13H,4,7,16H2,1-3H3,(H,17,20)(H,18,19). The molecule has 5 nitrogen and oxygen atoms in total. The van der Waals surface area contributed by atoms with Crippen LogP contribution in [0.15, 0.2) is 18.2 Å². The fraction of sp³-hybridized carbons (Fsp3) is 0.467. The van der Waals surface area contributed by atoms with E-state index in [0.29, 0.717) is 18.5 Å². The molecule has 0 bridgehead atoms. The fourth-order valence-corrected chi connectivity index (χ4v) is 2.07. The molecule has 0 aromatic heterocycles. The molecule has 2 rings (SSSR count). The molecule has 0 saturated heterocycles. The van der Waals surface area contributed by atoms with Crippen LogP contribution in [0.2, 0.25) is 0 Å². The van der Waals surface area contributed by atoms with Crippen LogP contribution < -0.4 is 16.4 Å². The molecule has 0 aliphatic carbocycles. The molecule has 4 N–H and O–H groups in total. The monoisotopic (exact) mass is 275 g/mol. The molecule has 1 aromatic rings. The predicted molar refractivity (Wildman–Crippen MR) is 79.5 cm³/mol. The Morgan fingerprint density at radius 3 is 2.70 bits per heavy atom. The van der Waals surface area contributed by atoms with Gasteiger partial charge in [-0.25, -0.2) is 0 Å². The van der Waals surface area contributed by atoms with Crippen molar-refractivity contribution < 1.29 is 9.59 Å². The zero-order chi connectivity index (χ0) is 14.9. The van der Waals surface area contributed by atoms with Gasteiger partial charge in [-0.15, -0.1) is 0 Å². The molecule has 20 heavy (non-hydrogen) atoms. The van der Waals surface area contributed by atoms with E-state index in [9.17, 15) is 9.59 Å². The molecule has 1 aliphatic rings. The van der Waals surface area contributed by atoms with Crippen LogP contribution >= 0.6 is 0 Å². The maximum absolute atomic E-state index is 12.1. The van der Waals surface area contributed by atoms with Crippen LogP contribution in [-0.2, 0) is 16.0 Å². The van der Waals surface area contributed by atoms with Crippen LogP contribution in [0.4, 0.5) is 11.4 Å². The summed E-state index contributed by atoms with van der Waals surface area (Å²) in [6, 6.07) is 4.91. The molecular formula is C15H21N3O2. The van der Waals surface area contributed by atoms with Gasteiger partial charge in [0.25, 0.3) is 0 Å². The van der Waals surface area contributed by atoms with Gasteiger partial charge in [0.15, 0.2) is 0 Å². The van der Waals surface area contributed by atoms with E-state index in [-0.39, 0.29) is 17.2 Å². The Bertz CT molecular complexity index is 547. The number of aryl methyl sites for hydroxylation is 1. The summed E-state index contributed by atoms with van der Waals surface area (Å²) in [5, 5.41) is 5.64. The normalized spacial score (nSPS) is 16.1. The highest BCUT2D eigenvalue weighted by Crippen LogP contribution is 2.26. The lowest BCUT2D eigenvalue weighted by Gasteiger charge is -2.26. The SMILES string of the molecule is CC(C)(C)C(N)C(=O)Nc1ccc2c(c1)CCC(=O)N2. The summed E-state index contributed by atoms with van der Waals surface area (Å²) in [6.45, 7) is 5.79. The number of benzene rings is 1. The number of nitrogens with two attached hydrogens (primary N) is 1. The molecule has 0 saturated carbocycles. The summed E-state index contributed by atoms with van der Waals surface area (Å²) in [5.74, 6) is -0.165. The van der Waals surface area contributed by atoms with Crippen LogP contribution in [0.1, 0.15) is 32.8 Å². The first-order valence-electron chi connectivity index (χ1n) is 6.76. The molecule has 1 atom stereocenters. The molecule has 1 aromatic carbocycles. The zero-order valence-electron chi connectivity index (χ0n) is 12.1. The van der Waals surface area contributed by atoms with E-state index < -0.39 is 6.04 Å².